The largest absolute Gasteiger partial charge is 0.508 e. The average Bonchev–Trinajstić information content (AvgIpc) is 2.60. The first-order valence-corrected chi connectivity index (χ1v) is 7.53. The summed E-state index contributed by atoms with van der Waals surface area (Å²) in [6, 6.07) is 17.4. The molecular weight excluding hydrogens is 302 g/mol. The van der Waals surface area contributed by atoms with Crippen LogP contribution in [0.1, 0.15) is 10.4 Å². The Hall–Kier alpha value is -3.27. The number of aromatic hydroxyl groups is 2. The molecule has 120 valence electrons. The lowest BCUT2D eigenvalue weighted by molar-refractivity contribution is 0.112. The van der Waals surface area contributed by atoms with E-state index in [0.29, 0.717) is 11.3 Å². The van der Waals surface area contributed by atoms with Crippen molar-refractivity contribution in [2.45, 2.75) is 0 Å². The topological polar surface area (TPSA) is 69.6 Å². The van der Waals surface area contributed by atoms with Gasteiger partial charge in [-0.3, -0.25) is 4.79 Å². The Balaban J connectivity index is 2.36. The molecule has 0 bridgehead atoms. The maximum Gasteiger partial charge on any atom is 0.152 e. The van der Waals surface area contributed by atoms with E-state index in [1.807, 2.05) is 18.2 Å². The van der Waals surface area contributed by atoms with Gasteiger partial charge in [-0.1, -0.05) is 30.3 Å². The SMILES string of the molecule is CNc1c(C=O)ccc(-c2cccc(O)c2)c1-c1cccc(O)c1. The summed E-state index contributed by atoms with van der Waals surface area (Å²) in [5.41, 5.74) is 4.45. The zero-order valence-electron chi connectivity index (χ0n) is 13.2. The first-order chi connectivity index (χ1) is 11.6. The predicted molar refractivity (Wildman–Crippen MR) is 95.6 cm³/mol. The number of hydrogen-bond donors (Lipinski definition) is 3. The van der Waals surface area contributed by atoms with Crippen molar-refractivity contribution >= 4 is 12.0 Å². The summed E-state index contributed by atoms with van der Waals surface area (Å²) in [5.74, 6) is 0.313. The Bertz CT molecular complexity index is 903. The fourth-order valence-corrected chi connectivity index (χ4v) is 2.86. The van der Waals surface area contributed by atoms with Gasteiger partial charge in [-0.15, -0.1) is 0 Å². The van der Waals surface area contributed by atoms with E-state index < -0.39 is 0 Å². The van der Waals surface area contributed by atoms with Crippen LogP contribution in [0.15, 0.2) is 60.7 Å². The molecule has 3 aromatic rings. The van der Waals surface area contributed by atoms with Crippen molar-refractivity contribution in [1.29, 1.82) is 0 Å². The van der Waals surface area contributed by atoms with Crippen molar-refractivity contribution in [1.82, 2.24) is 0 Å². The van der Waals surface area contributed by atoms with Gasteiger partial charge in [0.15, 0.2) is 6.29 Å². The Kier molecular flexibility index (Phi) is 4.20. The van der Waals surface area contributed by atoms with E-state index >= 15 is 0 Å². The highest BCUT2D eigenvalue weighted by Crippen LogP contribution is 2.41. The molecule has 0 aliphatic rings. The molecule has 4 heteroatoms. The van der Waals surface area contributed by atoms with Crippen LogP contribution in [0.25, 0.3) is 22.3 Å². The van der Waals surface area contributed by atoms with Gasteiger partial charge < -0.3 is 15.5 Å². The normalized spacial score (nSPS) is 10.4. The van der Waals surface area contributed by atoms with Crippen LogP contribution >= 0.6 is 0 Å². The number of carbonyl (C=O) groups excluding carboxylic acids is 1. The Morgan fingerprint density at radius 1 is 0.875 bits per heavy atom. The van der Waals surface area contributed by atoms with E-state index in [-0.39, 0.29) is 11.5 Å². The molecular formula is C20H17NO3. The molecule has 0 atom stereocenters. The number of anilines is 1. The lowest BCUT2D eigenvalue weighted by atomic mass is 9.90. The number of phenols is 2. The number of benzene rings is 3. The summed E-state index contributed by atoms with van der Waals surface area (Å²) >= 11 is 0. The number of phenolic OH excluding ortho intramolecular Hbond substituents is 2. The molecule has 3 aromatic carbocycles. The number of nitrogens with one attached hydrogen (secondary N) is 1. The van der Waals surface area contributed by atoms with Crippen LogP contribution in [0.2, 0.25) is 0 Å². The van der Waals surface area contributed by atoms with Crippen molar-refractivity contribution in [3.8, 4) is 33.8 Å². The minimum Gasteiger partial charge on any atom is -0.508 e. The van der Waals surface area contributed by atoms with E-state index in [4.69, 9.17) is 0 Å². The zero-order valence-corrected chi connectivity index (χ0v) is 13.2. The van der Waals surface area contributed by atoms with Crippen molar-refractivity contribution in [3.05, 3.63) is 66.2 Å². The van der Waals surface area contributed by atoms with Crippen LogP contribution in [0.5, 0.6) is 11.5 Å². The van der Waals surface area contributed by atoms with Crippen LogP contribution in [0.3, 0.4) is 0 Å². The lowest BCUT2D eigenvalue weighted by Gasteiger charge is -2.17. The third-order valence-electron chi connectivity index (χ3n) is 3.91. The monoisotopic (exact) mass is 319 g/mol. The summed E-state index contributed by atoms with van der Waals surface area (Å²) in [5, 5.41) is 22.7. The first-order valence-electron chi connectivity index (χ1n) is 7.53. The van der Waals surface area contributed by atoms with Crippen molar-refractivity contribution in [3.63, 3.8) is 0 Å². The quantitative estimate of drug-likeness (QED) is 0.628. The van der Waals surface area contributed by atoms with E-state index in [9.17, 15) is 15.0 Å². The van der Waals surface area contributed by atoms with E-state index in [0.717, 1.165) is 28.5 Å². The third-order valence-corrected chi connectivity index (χ3v) is 3.91. The fraction of sp³-hybridized carbons (Fsp3) is 0.0500. The highest BCUT2D eigenvalue weighted by Gasteiger charge is 2.16. The summed E-state index contributed by atoms with van der Waals surface area (Å²) < 4.78 is 0. The van der Waals surface area contributed by atoms with Crippen molar-refractivity contribution in [2.75, 3.05) is 12.4 Å². The minimum atomic E-state index is 0.146. The van der Waals surface area contributed by atoms with Crippen LogP contribution in [0, 0.1) is 0 Å². The van der Waals surface area contributed by atoms with Crippen LogP contribution in [-0.4, -0.2) is 23.5 Å². The second-order valence-corrected chi connectivity index (χ2v) is 5.42. The van der Waals surface area contributed by atoms with Crippen molar-refractivity contribution in [2.24, 2.45) is 0 Å². The Morgan fingerprint density at radius 2 is 1.50 bits per heavy atom. The van der Waals surface area contributed by atoms with Gasteiger partial charge >= 0.3 is 0 Å². The maximum absolute atomic E-state index is 11.4. The summed E-state index contributed by atoms with van der Waals surface area (Å²) in [4.78, 5) is 11.4. The van der Waals surface area contributed by atoms with E-state index in [1.165, 1.54) is 0 Å². The zero-order chi connectivity index (χ0) is 17.1. The van der Waals surface area contributed by atoms with Crippen LogP contribution in [0.4, 0.5) is 5.69 Å². The molecule has 4 nitrogen and oxygen atoms in total. The highest BCUT2D eigenvalue weighted by atomic mass is 16.3. The molecule has 0 heterocycles. The molecule has 0 radical (unpaired) electrons. The molecule has 24 heavy (non-hydrogen) atoms. The minimum absolute atomic E-state index is 0.146. The second kappa shape index (κ2) is 6.46. The van der Waals surface area contributed by atoms with Gasteiger partial charge in [0.25, 0.3) is 0 Å². The molecule has 3 rings (SSSR count). The van der Waals surface area contributed by atoms with E-state index in [2.05, 4.69) is 5.32 Å². The number of carbonyl (C=O) groups is 1. The molecule has 0 unspecified atom stereocenters. The number of aldehydes is 1. The average molecular weight is 319 g/mol. The summed E-state index contributed by atoms with van der Waals surface area (Å²) in [6.45, 7) is 0. The van der Waals surface area contributed by atoms with Gasteiger partial charge in [-0.05, 0) is 47.0 Å². The number of hydrogen-bond acceptors (Lipinski definition) is 4. The third kappa shape index (κ3) is 2.82. The fourth-order valence-electron chi connectivity index (χ4n) is 2.86. The molecule has 0 saturated heterocycles. The van der Waals surface area contributed by atoms with E-state index in [1.54, 1.807) is 49.5 Å². The van der Waals surface area contributed by atoms with Gasteiger partial charge in [-0.25, -0.2) is 0 Å². The summed E-state index contributed by atoms with van der Waals surface area (Å²) in [7, 11) is 1.75. The second-order valence-electron chi connectivity index (χ2n) is 5.42. The predicted octanol–water partition coefficient (Wildman–Crippen LogP) is 4.29. The molecule has 0 saturated carbocycles. The molecule has 0 aromatic heterocycles. The molecule has 3 N–H and O–H groups in total. The Morgan fingerprint density at radius 3 is 2.08 bits per heavy atom. The standard InChI is InChI=1S/C20H17NO3/c1-21-20-15(12-22)8-9-18(13-4-2-6-16(23)10-13)19(20)14-5-3-7-17(24)11-14/h2-12,21,23-24H,1H3. The highest BCUT2D eigenvalue weighted by molar-refractivity contribution is 5.99. The van der Waals surface area contributed by atoms with Crippen molar-refractivity contribution < 1.29 is 15.0 Å². The lowest BCUT2D eigenvalue weighted by Crippen LogP contribution is -1.99. The maximum atomic E-state index is 11.4. The van der Waals surface area contributed by atoms with Gasteiger partial charge in [0, 0.05) is 18.2 Å². The van der Waals surface area contributed by atoms with Gasteiger partial charge in [0.1, 0.15) is 11.5 Å². The molecule has 0 aliphatic heterocycles. The van der Waals surface area contributed by atoms with Gasteiger partial charge in [0.05, 0.1) is 5.69 Å². The molecule has 0 fully saturated rings. The van der Waals surface area contributed by atoms with Gasteiger partial charge in [0.2, 0.25) is 0 Å². The van der Waals surface area contributed by atoms with Crippen LogP contribution < -0.4 is 5.32 Å². The van der Waals surface area contributed by atoms with Gasteiger partial charge in [-0.2, -0.15) is 0 Å². The van der Waals surface area contributed by atoms with Crippen LogP contribution in [-0.2, 0) is 0 Å². The Labute approximate surface area is 140 Å². The molecule has 0 amide bonds. The smallest absolute Gasteiger partial charge is 0.152 e. The number of rotatable bonds is 4. The molecule has 0 spiro atoms. The summed E-state index contributed by atoms with van der Waals surface area (Å²) in [6.07, 6.45) is 0.796. The first kappa shape index (κ1) is 15.6. The molecule has 0 aliphatic carbocycles.